The SMILES string of the molecule is CC1=C(C(=O)OCc2ccccc2)C(c2ccc3c(c2)OCO3)C2=C(CC(c3ccccc3)CC2=O)N1. The average molecular weight is 494 g/mol. The Morgan fingerprint density at radius 2 is 1.65 bits per heavy atom. The van der Waals surface area contributed by atoms with Crippen LogP contribution in [0.3, 0.4) is 0 Å². The first-order valence-corrected chi connectivity index (χ1v) is 12.5. The van der Waals surface area contributed by atoms with Crippen LogP contribution in [0.25, 0.3) is 0 Å². The summed E-state index contributed by atoms with van der Waals surface area (Å²) in [6.45, 7) is 2.18. The highest BCUT2D eigenvalue weighted by Gasteiger charge is 2.41. The molecule has 1 N–H and O–H groups in total. The molecule has 0 radical (unpaired) electrons. The van der Waals surface area contributed by atoms with Crippen LogP contribution in [0.4, 0.5) is 0 Å². The number of Topliss-reactive ketones (excluding diaryl/α,β-unsaturated/α-hetero) is 1. The predicted molar refractivity (Wildman–Crippen MR) is 138 cm³/mol. The zero-order valence-corrected chi connectivity index (χ0v) is 20.5. The number of nitrogens with one attached hydrogen (secondary N) is 1. The van der Waals surface area contributed by atoms with Gasteiger partial charge in [0.2, 0.25) is 6.79 Å². The lowest BCUT2D eigenvalue weighted by Gasteiger charge is -2.36. The van der Waals surface area contributed by atoms with E-state index in [1.165, 1.54) is 0 Å². The number of hydrogen-bond donors (Lipinski definition) is 1. The van der Waals surface area contributed by atoms with Gasteiger partial charge >= 0.3 is 5.97 Å². The fourth-order valence-electron chi connectivity index (χ4n) is 5.50. The summed E-state index contributed by atoms with van der Waals surface area (Å²) in [5, 5.41) is 3.41. The zero-order chi connectivity index (χ0) is 25.4. The third-order valence-electron chi connectivity index (χ3n) is 7.26. The van der Waals surface area contributed by atoms with Crippen molar-refractivity contribution in [2.24, 2.45) is 0 Å². The second kappa shape index (κ2) is 9.62. The Bertz CT molecular complexity index is 1420. The summed E-state index contributed by atoms with van der Waals surface area (Å²) in [6, 6.07) is 25.3. The van der Waals surface area contributed by atoms with Crippen LogP contribution >= 0.6 is 0 Å². The van der Waals surface area contributed by atoms with Crippen molar-refractivity contribution < 1.29 is 23.8 Å². The van der Waals surface area contributed by atoms with Crippen molar-refractivity contribution in [3.8, 4) is 11.5 Å². The van der Waals surface area contributed by atoms with E-state index in [9.17, 15) is 9.59 Å². The Balaban J connectivity index is 1.38. The molecular weight excluding hydrogens is 466 g/mol. The van der Waals surface area contributed by atoms with Gasteiger partial charge in [0, 0.05) is 29.3 Å². The lowest BCUT2D eigenvalue weighted by atomic mass is 9.71. The van der Waals surface area contributed by atoms with E-state index in [4.69, 9.17) is 14.2 Å². The van der Waals surface area contributed by atoms with Crippen LogP contribution < -0.4 is 14.8 Å². The van der Waals surface area contributed by atoms with Crippen LogP contribution in [0.2, 0.25) is 0 Å². The number of ketones is 1. The molecule has 3 aromatic rings. The summed E-state index contributed by atoms with van der Waals surface area (Å²) in [4.78, 5) is 27.3. The second-order valence-electron chi connectivity index (χ2n) is 9.60. The summed E-state index contributed by atoms with van der Waals surface area (Å²) in [6.07, 6.45) is 1.08. The van der Waals surface area contributed by atoms with E-state index in [0.29, 0.717) is 41.2 Å². The molecule has 0 aromatic heterocycles. The minimum absolute atomic E-state index is 0.0335. The number of dihydropyridines is 1. The summed E-state index contributed by atoms with van der Waals surface area (Å²) in [5.74, 6) is 0.375. The predicted octanol–water partition coefficient (Wildman–Crippen LogP) is 5.52. The number of hydrogen-bond acceptors (Lipinski definition) is 6. The standard InChI is InChI=1S/C31H27NO5/c1-19-28(31(34)35-17-20-8-4-2-5-9-20)29(22-12-13-26-27(16-22)37-18-36-26)30-24(32-19)14-23(15-25(30)33)21-10-6-3-7-11-21/h2-13,16,23,29,32H,14-15,17-18H2,1H3. The van der Waals surface area contributed by atoms with Gasteiger partial charge in [0.15, 0.2) is 17.3 Å². The molecule has 0 amide bonds. The van der Waals surface area contributed by atoms with E-state index < -0.39 is 11.9 Å². The molecule has 0 saturated heterocycles. The van der Waals surface area contributed by atoms with Crippen LogP contribution in [0.5, 0.6) is 11.5 Å². The largest absolute Gasteiger partial charge is 0.457 e. The van der Waals surface area contributed by atoms with Crippen molar-refractivity contribution in [1.82, 2.24) is 5.32 Å². The fourth-order valence-corrected chi connectivity index (χ4v) is 5.50. The minimum Gasteiger partial charge on any atom is -0.457 e. The Morgan fingerprint density at radius 1 is 0.919 bits per heavy atom. The van der Waals surface area contributed by atoms with Crippen molar-refractivity contribution in [2.45, 2.75) is 38.2 Å². The number of carbonyl (C=O) groups is 2. The van der Waals surface area contributed by atoms with E-state index in [2.05, 4.69) is 17.4 Å². The first kappa shape index (κ1) is 23.1. The van der Waals surface area contributed by atoms with Gasteiger partial charge < -0.3 is 19.5 Å². The molecule has 6 nitrogen and oxygen atoms in total. The van der Waals surface area contributed by atoms with Crippen molar-refractivity contribution in [3.05, 3.63) is 118 Å². The normalized spacial score (nSPS) is 20.4. The van der Waals surface area contributed by atoms with Crippen molar-refractivity contribution in [1.29, 1.82) is 0 Å². The molecule has 1 aliphatic carbocycles. The zero-order valence-electron chi connectivity index (χ0n) is 20.5. The highest BCUT2D eigenvalue weighted by Crippen LogP contribution is 2.47. The van der Waals surface area contributed by atoms with Crippen LogP contribution in [-0.2, 0) is 20.9 Å². The highest BCUT2D eigenvalue weighted by atomic mass is 16.7. The first-order chi connectivity index (χ1) is 18.1. The molecule has 37 heavy (non-hydrogen) atoms. The maximum Gasteiger partial charge on any atom is 0.337 e. The van der Waals surface area contributed by atoms with Crippen molar-refractivity contribution in [3.63, 3.8) is 0 Å². The first-order valence-electron chi connectivity index (χ1n) is 12.5. The van der Waals surface area contributed by atoms with Gasteiger partial charge in [-0.25, -0.2) is 4.79 Å². The lowest BCUT2D eigenvalue weighted by molar-refractivity contribution is -0.140. The summed E-state index contributed by atoms with van der Waals surface area (Å²) < 4.78 is 16.9. The molecule has 3 aliphatic rings. The van der Waals surface area contributed by atoms with Gasteiger partial charge in [-0.15, -0.1) is 0 Å². The quantitative estimate of drug-likeness (QED) is 0.472. The fraction of sp³-hybridized carbons (Fsp3) is 0.226. The number of ether oxygens (including phenoxy) is 3. The Kier molecular flexibility index (Phi) is 6.01. The summed E-state index contributed by atoms with van der Waals surface area (Å²) >= 11 is 0. The van der Waals surface area contributed by atoms with Gasteiger partial charge in [0.25, 0.3) is 0 Å². The lowest BCUT2D eigenvalue weighted by Crippen LogP contribution is -2.36. The average Bonchev–Trinajstić information content (AvgIpc) is 3.40. The molecule has 0 bridgehead atoms. The van der Waals surface area contributed by atoms with Crippen molar-refractivity contribution in [2.75, 3.05) is 6.79 Å². The maximum absolute atomic E-state index is 13.8. The van der Waals surface area contributed by atoms with E-state index in [0.717, 1.165) is 22.4 Å². The molecule has 2 heterocycles. The molecular formula is C31H27NO5. The number of allylic oxidation sites excluding steroid dienone is 3. The van der Waals surface area contributed by atoms with E-state index in [-0.39, 0.29) is 25.1 Å². The summed E-state index contributed by atoms with van der Waals surface area (Å²) in [7, 11) is 0. The molecule has 0 fully saturated rings. The van der Waals surface area contributed by atoms with Crippen LogP contribution in [-0.4, -0.2) is 18.5 Å². The topological polar surface area (TPSA) is 73.9 Å². The number of esters is 1. The summed E-state index contributed by atoms with van der Waals surface area (Å²) in [5.41, 5.74) is 5.47. The molecule has 0 saturated carbocycles. The van der Waals surface area contributed by atoms with E-state index in [1.54, 1.807) is 0 Å². The van der Waals surface area contributed by atoms with Crippen molar-refractivity contribution >= 4 is 11.8 Å². The third-order valence-corrected chi connectivity index (χ3v) is 7.26. The van der Waals surface area contributed by atoms with Crippen LogP contribution in [0.15, 0.2) is 101 Å². The molecule has 6 rings (SSSR count). The molecule has 6 heteroatoms. The molecule has 0 spiro atoms. The van der Waals surface area contributed by atoms with Gasteiger partial charge in [-0.1, -0.05) is 66.7 Å². The molecule has 2 unspecified atom stereocenters. The van der Waals surface area contributed by atoms with Gasteiger partial charge in [-0.2, -0.15) is 0 Å². The van der Waals surface area contributed by atoms with E-state index in [1.807, 2.05) is 73.7 Å². The van der Waals surface area contributed by atoms with Gasteiger partial charge in [-0.05, 0) is 48.1 Å². The number of fused-ring (bicyclic) bond motifs is 1. The van der Waals surface area contributed by atoms with Crippen LogP contribution in [0, 0.1) is 0 Å². The van der Waals surface area contributed by atoms with Gasteiger partial charge in [0.05, 0.1) is 5.57 Å². The maximum atomic E-state index is 13.8. The number of benzene rings is 3. The van der Waals surface area contributed by atoms with E-state index >= 15 is 0 Å². The molecule has 3 aromatic carbocycles. The van der Waals surface area contributed by atoms with Crippen LogP contribution in [0.1, 0.15) is 48.3 Å². The van der Waals surface area contributed by atoms with Gasteiger partial charge in [0.1, 0.15) is 6.61 Å². The number of carbonyl (C=O) groups excluding carboxylic acids is 2. The van der Waals surface area contributed by atoms with Gasteiger partial charge in [-0.3, -0.25) is 4.79 Å². The molecule has 186 valence electrons. The third kappa shape index (κ3) is 4.40. The molecule has 2 aliphatic heterocycles. The smallest absolute Gasteiger partial charge is 0.337 e. The Morgan fingerprint density at radius 3 is 2.43 bits per heavy atom. The minimum atomic E-state index is -0.557. The monoisotopic (exact) mass is 493 g/mol. The number of rotatable bonds is 5. The second-order valence-corrected chi connectivity index (χ2v) is 9.60. The Hall–Kier alpha value is -4.32. The highest BCUT2D eigenvalue weighted by molar-refractivity contribution is 6.04. The molecule has 2 atom stereocenters. The Labute approximate surface area is 215 Å².